The molecule has 0 bridgehead atoms. The Kier molecular flexibility index (Phi) is 4.23. The van der Waals surface area contributed by atoms with Crippen LogP contribution in [0.3, 0.4) is 0 Å². The summed E-state index contributed by atoms with van der Waals surface area (Å²) in [5.74, 6) is 8.18. The lowest BCUT2D eigenvalue weighted by Gasteiger charge is -2.14. The zero-order chi connectivity index (χ0) is 13.1. The van der Waals surface area contributed by atoms with Crippen molar-refractivity contribution < 1.29 is 0 Å². The summed E-state index contributed by atoms with van der Waals surface area (Å²) in [5.41, 5.74) is 5.82. The molecular weight excluding hydrogens is 272 g/mol. The standard InChI is InChI=1S/C15H18N2S2/c16-17-13(8-11-4-2-1-3-5-11)15-9-12-10-18-7-6-14(12)19-15/h1-5,9,13,17H,6-8,10,16H2. The van der Waals surface area contributed by atoms with Gasteiger partial charge >= 0.3 is 0 Å². The first-order chi connectivity index (χ1) is 9.36. The van der Waals surface area contributed by atoms with Crippen LogP contribution >= 0.6 is 23.1 Å². The fourth-order valence-corrected chi connectivity index (χ4v) is 4.87. The van der Waals surface area contributed by atoms with Crippen molar-refractivity contribution in [3.8, 4) is 0 Å². The molecule has 1 aromatic carbocycles. The van der Waals surface area contributed by atoms with Gasteiger partial charge in [0.2, 0.25) is 0 Å². The van der Waals surface area contributed by atoms with Crippen molar-refractivity contribution in [2.75, 3.05) is 5.75 Å². The van der Waals surface area contributed by atoms with Crippen molar-refractivity contribution in [2.45, 2.75) is 24.6 Å². The van der Waals surface area contributed by atoms with Crippen LogP contribution < -0.4 is 11.3 Å². The number of aryl methyl sites for hydroxylation is 1. The van der Waals surface area contributed by atoms with E-state index in [9.17, 15) is 0 Å². The molecule has 2 nitrogen and oxygen atoms in total. The zero-order valence-corrected chi connectivity index (χ0v) is 12.4. The van der Waals surface area contributed by atoms with Gasteiger partial charge in [0.15, 0.2) is 0 Å². The molecule has 2 aromatic rings. The molecule has 0 fully saturated rings. The summed E-state index contributed by atoms with van der Waals surface area (Å²) in [4.78, 5) is 2.93. The van der Waals surface area contributed by atoms with E-state index >= 15 is 0 Å². The van der Waals surface area contributed by atoms with Gasteiger partial charge in [0, 0.05) is 15.5 Å². The SMILES string of the molecule is NNC(Cc1ccccc1)c1cc2c(s1)CCSC2. The molecule has 3 rings (SSSR count). The molecule has 1 aromatic heterocycles. The summed E-state index contributed by atoms with van der Waals surface area (Å²) in [5, 5.41) is 0. The third kappa shape index (κ3) is 3.03. The van der Waals surface area contributed by atoms with E-state index in [2.05, 4.69) is 41.8 Å². The van der Waals surface area contributed by atoms with E-state index in [0.29, 0.717) is 0 Å². The maximum Gasteiger partial charge on any atom is 0.0593 e. The lowest BCUT2D eigenvalue weighted by Crippen LogP contribution is -2.28. The first-order valence-electron chi connectivity index (χ1n) is 6.56. The first kappa shape index (κ1) is 13.2. The number of thiophene rings is 1. The second-order valence-electron chi connectivity index (χ2n) is 4.81. The van der Waals surface area contributed by atoms with Crippen LogP contribution in [-0.2, 0) is 18.6 Å². The molecule has 0 radical (unpaired) electrons. The highest BCUT2D eigenvalue weighted by Crippen LogP contribution is 2.35. The molecule has 0 saturated heterocycles. The van der Waals surface area contributed by atoms with Crippen LogP contribution in [0, 0.1) is 0 Å². The van der Waals surface area contributed by atoms with Crippen LogP contribution in [0.1, 0.15) is 26.9 Å². The molecular formula is C15H18N2S2. The average molecular weight is 290 g/mol. The highest BCUT2D eigenvalue weighted by molar-refractivity contribution is 7.98. The maximum atomic E-state index is 5.76. The second-order valence-corrected chi connectivity index (χ2v) is 7.08. The number of hydrogen-bond donors (Lipinski definition) is 2. The molecule has 3 N–H and O–H groups in total. The van der Waals surface area contributed by atoms with E-state index in [4.69, 9.17) is 5.84 Å². The first-order valence-corrected chi connectivity index (χ1v) is 8.53. The number of nitrogens with two attached hydrogens (primary N) is 1. The summed E-state index contributed by atoms with van der Waals surface area (Å²) >= 11 is 3.96. The highest BCUT2D eigenvalue weighted by atomic mass is 32.2. The monoisotopic (exact) mass is 290 g/mol. The molecule has 0 spiro atoms. The van der Waals surface area contributed by atoms with Gasteiger partial charge in [0.05, 0.1) is 6.04 Å². The fourth-order valence-electron chi connectivity index (χ4n) is 2.43. The van der Waals surface area contributed by atoms with E-state index in [1.165, 1.54) is 28.2 Å². The average Bonchev–Trinajstić information content (AvgIpc) is 2.89. The van der Waals surface area contributed by atoms with Gasteiger partial charge in [-0.1, -0.05) is 30.3 Å². The minimum absolute atomic E-state index is 0.225. The number of hydrazine groups is 1. The molecule has 4 heteroatoms. The van der Waals surface area contributed by atoms with Gasteiger partial charge in [0.25, 0.3) is 0 Å². The third-order valence-electron chi connectivity index (χ3n) is 3.47. The van der Waals surface area contributed by atoms with E-state index < -0.39 is 0 Å². The van der Waals surface area contributed by atoms with Crippen molar-refractivity contribution in [3.63, 3.8) is 0 Å². The Bertz CT molecular complexity index is 513. The Morgan fingerprint density at radius 2 is 2.11 bits per heavy atom. The Morgan fingerprint density at radius 1 is 1.26 bits per heavy atom. The summed E-state index contributed by atoms with van der Waals surface area (Å²) in [6.45, 7) is 0. The van der Waals surface area contributed by atoms with Gasteiger partial charge in [-0.25, -0.2) is 0 Å². The van der Waals surface area contributed by atoms with Crippen molar-refractivity contribution in [1.82, 2.24) is 5.43 Å². The highest BCUT2D eigenvalue weighted by Gasteiger charge is 2.18. The minimum Gasteiger partial charge on any atom is -0.271 e. The van der Waals surface area contributed by atoms with Crippen LogP contribution in [0.2, 0.25) is 0 Å². The van der Waals surface area contributed by atoms with Gasteiger partial charge in [0.1, 0.15) is 0 Å². The van der Waals surface area contributed by atoms with Gasteiger partial charge in [-0.15, -0.1) is 11.3 Å². The largest absolute Gasteiger partial charge is 0.271 e. The van der Waals surface area contributed by atoms with Gasteiger partial charge < -0.3 is 0 Å². The molecule has 0 amide bonds. The van der Waals surface area contributed by atoms with Crippen molar-refractivity contribution in [2.24, 2.45) is 5.84 Å². The second kappa shape index (κ2) is 6.09. The predicted molar refractivity (Wildman–Crippen MR) is 84.4 cm³/mol. The molecule has 0 aliphatic carbocycles. The molecule has 2 heterocycles. The summed E-state index contributed by atoms with van der Waals surface area (Å²) in [6, 6.07) is 13.1. The quantitative estimate of drug-likeness (QED) is 0.670. The number of fused-ring (bicyclic) bond motifs is 1. The van der Waals surface area contributed by atoms with Gasteiger partial charge in [-0.2, -0.15) is 11.8 Å². The van der Waals surface area contributed by atoms with Crippen molar-refractivity contribution in [1.29, 1.82) is 0 Å². The fraction of sp³-hybridized carbons (Fsp3) is 0.333. The Morgan fingerprint density at radius 3 is 2.84 bits per heavy atom. The molecule has 19 heavy (non-hydrogen) atoms. The lowest BCUT2D eigenvalue weighted by atomic mass is 10.0. The molecule has 0 saturated carbocycles. The number of rotatable bonds is 4. The normalized spacial score (nSPS) is 16.1. The summed E-state index contributed by atoms with van der Waals surface area (Å²) in [7, 11) is 0. The molecule has 1 atom stereocenters. The summed E-state index contributed by atoms with van der Waals surface area (Å²) < 4.78 is 0. The van der Waals surface area contributed by atoms with Crippen LogP contribution in [0.25, 0.3) is 0 Å². The summed E-state index contributed by atoms with van der Waals surface area (Å²) in [6.07, 6.45) is 2.16. The Hall–Kier alpha value is -0.810. The topological polar surface area (TPSA) is 38.0 Å². The zero-order valence-electron chi connectivity index (χ0n) is 10.8. The number of nitrogens with one attached hydrogen (secondary N) is 1. The van der Waals surface area contributed by atoms with Crippen LogP contribution in [0.5, 0.6) is 0 Å². The van der Waals surface area contributed by atoms with Gasteiger partial charge in [-0.3, -0.25) is 11.3 Å². The van der Waals surface area contributed by atoms with E-state index in [1.54, 1.807) is 4.88 Å². The molecule has 1 unspecified atom stereocenters. The lowest BCUT2D eigenvalue weighted by molar-refractivity contribution is 0.560. The number of hydrogen-bond acceptors (Lipinski definition) is 4. The maximum absolute atomic E-state index is 5.76. The van der Waals surface area contributed by atoms with Crippen molar-refractivity contribution >= 4 is 23.1 Å². The third-order valence-corrected chi connectivity index (χ3v) is 5.83. The van der Waals surface area contributed by atoms with E-state index in [0.717, 1.165) is 12.2 Å². The molecule has 1 aliphatic rings. The number of benzene rings is 1. The van der Waals surface area contributed by atoms with Gasteiger partial charge in [-0.05, 0) is 35.8 Å². The van der Waals surface area contributed by atoms with Crippen molar-refractivity contribution in [3.05, 3.63) is 57.3 Å². The van der Waals surface area contributed by atoms with E-state index in [-0.39, 0.29) is 6.04 Å². The Labute approximate surface area is 122 Å². The predicted octanol–water partition coefficient (Wildman–Crippen LogP) is 3.28. The molecule has 1 aliphatic heterocycles. The molecule has 100 valence electrons. The Balaban J connectivity index is 1.80. The number of thioether (sulfide) groups is 1. The van der Waals surface area contributed by atoms with Crippen LogP contribution in [-0.4, -0.2) is 5.75 Å². The van der Waals surface area contributed by atoms with Crippen LogP contribution in [0.15, 0.2) is 36.4 Å². The minimum atomic E-state index is 0.225. The smallest absolute Gasteiger partial charge is 0.0593 e. The van der Waals surface area contributed by atoms with Crippen LogP contribution in [0.4, 0.5) is 0 Å². The van der Waals surface area contributed by atoms with E-state index in [1.807, 2.05) is 23.1 Å².